The maximum atomic E-state index is 14.9. The molecular formula is C23H27FN4O5S2. The number of nitrogens with zero attached hydrogens (tertiary/aromatic N) is 1. The normalized spacial score (nSPS) is 13.5. The monoisotopic (exact) mass is 522 g/mol. The lowest BCUT2D eigenvalue weighted by atomic mass is 10.0. The van der Waals surface area contributed by atoms with Crippen molar-refractivity contribution < 1.29 is 27.2 Å². The molecule has 2 aromatic rings. The molecule has 0 aliphatic carbocycles. The molecule has 0 saturated carbocycles. The van der Waals surface area contributed by atoms with E-state index in [1.807, 2.05) is 0 Å². The Morgan fingerprint density at radius 3 is 2.46 bits per heavy atom. The molecule has 0 bridgehead atoms. The van der Waals surface area contributed by atoms with Gasteiger partial charge < -0.3 is 16.4 Å². The molecule has 2 rings (SSSR count). The van der Waals surface area contributed by atoms with Crippen molar-refractivity contribution in [3.05, 3.63) is 58.9 Å². The van der Waals surface area contributed by atoms with Gasteiger partial charge in [0.15, 0.2) is 15.1 Å². The molecule has 188 valence electrons. The summed E-state index contributed by atoms with van der Waals surface area (Å²) in [5.74, 6) is -2.78. The minimum atomic E-state index is -3.98. The lowest BCUT2D eigenvalue weighted by molar-refractivity contribution is -0.126. The van der Waals surface area contributed by atoms with Crippen LogP contribution in [0.4, 0.5) is 4.39 Å². The van der Waals surface area contributed by atoms with Gasteiger partial charge in [-0.05, 0) is 38.5 Å². The molecule has 0 aliphatic rings. The number of hydrogen-bond donors (Lipinski definition) is 3. The summed E-state index contributed by atoms with van der Waals surface area (Å²) in [7, 11) is -3.98. The summed E-state index contributed by atoms with van der Waals surface area (Å²) < 4.78 is 40.2. The number of amides is 3. The fourth-order valence-corrected chi connectivity index (χ4v) is 5.66. The molecule has 12 heteroatoms. The molecule has 4 N–H and O–H groups in total. The minimum absolute atomic E-state index is 0.0729. The number of hydrogen-bond acceptors (Lipinski definition) is 7. The summed E-state index contributed by atoms with van der Waals surface area (Å²) in [5.41, 5.74) is 5.99. The van der Waals surface area contributed by atoms with Gasteiger partial charge in [-0.25, -0.2) is 17.8 Å². The van der Waals surface area contributed by atoms with Gasteiger partial charge in [-0.3, -0.25) is 14.4 Å². The molecule has 0 radical (unpaired) electrons. The predicted molar refractivity (Wildman–Crippen MR) is 135 cm³/mol. The van der Waals surface area contributed by atoms with Crippen LogP contribution in [-0.2, 0) is 24.2 Å². The number of sulfone groups is 1. The molecule has 1 aromatic carbocycles. The number of halogens is 1. The number of aromatic nitrogens is 1. The Kier molecular flexibility index (Phi) is 9.05. The van der Waals surface area contributed by atoms with Gasteiger partial charge in [-0.1, -0.05) is 18.7 Å². The van der Waals surface area contributed by atoms with E-state index in [1.165, 1.54) is 24.3 Å². The quantitative estimate of drug-likeness (QED) is 0.322. The van der Waals surface area contributed by atoms with Crippen LogP contribution in [0.1, 0.15) is 36.6 Å². The van der Waals surface area contributed by atoms with E-state index in [0.717, 1.165) is 23.7 Å². The fourth-order valence-electron chi connectivity index (χ4n) is 3.13. The van der Waals surface area contributed by atoms with Crippen molar-refractivity contribution in [3.63, 3.8) is 0 Å². The van der Waals surface area contributed by atoms with Gasteiger partial charge in [-0.15, -0.1) is 11.3 Å². The maximum Gasteiger partial charge on any atom is 0.248 e. The SMILES string of the molecule is C=C/C(=C\C(=C/C)C(N)=O)c1cc2sc(C(C(=O)NCC(=O)NC(C)C)S(C)(=O)=O)nc2cc1F. The average Bonchev–Trinajstić information content (AvgIpc) is 3.12. The van der Waals surface area contributed by atoms with Crippen LogP contribution in [0.5, 0.6) is 0 Å². The average molecular weight is 523 g/mol. The number of thiazole rings is 1. The highest BCUT2D eigenvalue weighted by atomic mass is 32.2. The van der Waals surface area contributed by atoms with E-state index >= 15 is 0 Å². The molecule has 3 amide bonds. The van der Waals surface area contributed by atoms with Crippen LogP contribution in [0.15, 0.2) is 42.5 Å². The van der Waals surface area contributed by atoms with Crippen molar-refractivity contribution in [3.8, 4) is 0 Å². The molecule has 1 heterocycles. The van der Waals surface area contributed by atoms with Crippen LogP contribution >= 0.6 is 11.3 Å². The highest BCUT2D eigenvalue weighted by Crippen LogP contribution is 2.34. The van der Waals surface area contributed by atoms with Crippen molar-refractivity contribution in [2.45, 2.75) is 32.1 Å². The van der Waals surface area contributed by atoms with E-state index in [1.54, 1.807) is 20.8 Å². The molecule has 1 atom stereocenters. The highest BCUT2D eigenvalue weighted by molar-refractivity contribution is 7.91. The smallest absolute Gasteiger partial charge is 0.248 e. The Balaban J connectivity index is 2.50. The summed E-state index contributed by atoms with van der Waals surface area (Å²) in [6.45, 7) is 8.34. The largest absolute Gasteiger partial charge is 0.366 e. The number of fused-ring (bicyclic) bond motifs is 1. The lowest BCUT2D eigenvalue weighted by Crippen LogP contribution is -2.42. The number of nitrogens with one attached hydrogen (secondary N) is 2. The number of nitrogens with two attached hydrogens (primary N) is 1. The van der Waals surface area contributed by atoms with Crippen LogP contribution in [0.2, 0.25) is 0 Å². The number of primary amides is 1. The molecule has 9 nitrogen and oxygen atoms in total. The maximum absolute atomic E-state index is 14.9. The Morgan fingerprint density at radius 1 is 1.29 bits per heavy atom. The topological polar surface area (TPSA) is 148 Å². The molecule has 0 spiro atoms. The zero-order valence-corrected chi connectivity index (χ0v) is 21.3. The van der Waals surface area contributed by atoms with Crippen molar-refractivity contribution in [1.82, 2.24) is 15.6 Å². The second-order valence-corrected chi connectivity index (χ2v) is 11.1. The first-order chi connectivity index (χ1) is 16.3. The van der Waals surface area contributed by atoms with Gasteiger partial charge in [-0.2, -0.15) is 0 Å². The molecule has 0 fully saturated rings. The number of rotatable bonds is 10. The molecular weight excluding hydrogens is 495 g/mol. The summed E-state index contributed by atoms with van der Waals surface area (Å²) in [6, 6.07) is 2.38. The molecule has 1 unspecified atom stereocenters. The van der Waals surface area contributed by atoms with Gasteiger partial charge >= 0.3 is 0 Å². The highest BCUT2D eigenvalue weighted by Gasteiger charge is 2.34. The number of benzene rings is 1. The van der Waals surface area contributed by atoms with Crippen LogP contribution in [-0.4, -0.2) is 50.0 Å². The van der Waals surface area contributed by atoms with E-state index in [-0.39, 0.29) is 33.3 Å². The molecule has 35 heavy (non-hydrogen) atoms. The Bertz CT molecular complexity index is 1340. The summed E-state index contributed by atoms with van der Waals surface area (Å²) in [4.78, 5) is 40.3. The Labute approximate surface area is 206 Å². The van der Waals surface area contributed by atoms with Crippen molar-refractivity contribution in [1.29, 1.82) is 0 Å². The molecule has 0 saturated heterocycles. The number of carbonyl (C=O) groups excluding carboxylic acids is 3. The van der Waals surface area contributed by atoms with E-state index in [0.29, 0.717) is 4.70 Å². The van der Waals surface area contributed by atoms with E-state index in [4.69, 9.17) is 5.73 Å². The third-order valence-electron chi connectivity index (χ3n) is 4.69. The third-order valence-corrected chi connectivity index (χ3v) is 7.22. The predicted octanol–water partition coefficient (Wildman–Crippen LogP) is 2.16. The van der Waals surface area contributed by atoms with Crippen LogP contribution in [0.25, 0.3) is 15.8 Å². The first-order valence-corrected chi connectivity index (χ1v) is 13.2. The zero-order valence-electron chi connectivity index (χ0n) is 19.7. The van der Waals surface area contributed by atoms with E-state index in [9.17, 15) is 27.2 Å². The summed E-state index contributed by atoms with van der Waals surface area (Å²) in [5, 5.41) is 3.15. The minimum Gasteiger partial charge on any atom is -0.366 e. The first-order valence-electron chi connectivity index (χ1n) is 10.4. The second kappa shape index (κ2) is 11.4. The summed E-state index contributed by atoms with van der Waals surface area (Å²) in [6.07, 6.45) is 5.10. The van der Waals surface area contributed by atoms with Crippen molar-refractivity contribution in [2.24, 2.45) is 5.73 Å². The first kappa shape index (κ1) is 27.9. The number of allylic oxidation sites excluding steroid dienone is 3. The van der Waals surface area contributed by atoms with Crippen molar-refractivity contribution >= 4 is 54.7 Å². The Hall–Kier alpha value is -3.38. The van der Waals surface area contributed by atoms with Gasteiger partial charge in [0, 0.05) is 29.5 Å². The van der Waals surface area contributed by atoms with Gasteiger partial charge in [0.25, 0.3) is 0 Å². The van der Waals surface area contributed by atoms with Crippen molar-refractivity contribution in [2.75, 3.05) is 12.8 Å². The fraction of sp³-hybridized carbons (Fsp3) is 0.304. The standard InChI is InChI=1S/C23H27FN4O5S2/c1-6-13(8-14(7-2)21(25)30)15-9-18-17(10-16(15)24)28-23(34-18)20(35(5,32)33)22(31)26-11-19(29)27-12(3)4/h6-10,12,20H,1,11H2,2-5H3,(H2,25,30)(H,26,31)(H,27,29)/b13-8+,14-7+. The van der Waals surface area contributed by atoms with Gasteiger partial charge in [0.1, 0.15) is 10.8 Å². The lowest BCUT2D eigenvalue weighted by Gasteiger charge is -2.13. The molecule has 0 aliphatic heterocycles. The molecule has 1 aromatic heterocycles. The van der Waals surface area contributed by atoms with Gasteiger partial charge in [0.05, 0.1) is 16.8 Å². The second-order valence-electron chi connectivity index (χ2n) is 7.91. The summed E-state index contributed by atoms with van der Waals surface area (Å²) >= 11 is 0.901. The van der Waals surface area contributed by atoms with Gasteiger partial charge in [0.2, 0.25) is 17.7 Å². The van der Waals surface area contributed by atoms with Crippen LogP contribution in [0.3, 0.4) is 0 Å². The van der Waals surface area contributed by atoms with Crippen LogP contribution < -0.4 is 16.4 Å². The zero-order chi connectivity index (χ0) is 26.5. The van der Waals surface area contributed by atoms with Crippen LogP contribution in [0, 0.1) is 5.82 Å². The number of carbonyl (C=O) groups is 3. The van der Waals surface area contributed by atoms with E-state index in [2.05, 4.69) is 22.2 Å². The third kappa shape index (κ3) is 7.06. The van der Waals surface area contributed by atoms with E-state index < -0.39 is 45.2 Å². The Morgan fingerprint density at radius 2 is 1.94 bits per heavy atom.